The molecule has 1 heterocycles. The highest BCUT2D eigenvalue weighted by atomic mass is 16.1. The highest BCUT2D eigenvalue weighted by Gasteiger charge is 2.10. The van der Waals surface area contributed by atoms with Gasteiger partial charge in [0.05, 0.1) is 11.9 Å². The van der Waals surface area contributed by atoms with Crippen molar-refractivity contribution in [1.82, 2.24) is 10.2 Å². The van der Waals surface area contributed by atoms with Gasteiger partial charge in [-0.2, -0.15) is 5.10 Å². The molecular weight excluding hydrogens is 156 g/mol. The van der Waals surface area contributed by atoms with E-state index in [1.807, 2.05) is 0 Å². The molecule has 0 saturated carbocycles. The van der Waals surface area contributed by atoms with Crippen molar-refractivity contribution in [2.75, 3.05) is 11.9 Å². The summed E-state index contributed by atoms with van der Waals surface area (Å²) in [7, 11) is 0. The number of amides is 1. The first-order valence-electron chi connectivity index (χ1n) is 3.73. The average Bonchev–Trinajstić information content (AvgIpc) is 2.55. The van der Waals surface area contributed by atoms with Gasteiger partial charge in [-0.25, -0.2) is 0 Å². The number of nitrogens with one attached hydrogen (secondary N) is 2. The minimum atomic E-state index is -0.167. The van der Waals surface area contributed by atoms with Gasteiger partial charge in [-0.05, 0) is 0 Å². The lowest BCUT2D eigenvalue weighted by atomic mass is 10.2. The molecule has 12 heavy (non-hydrogen) atoms. The van der Waals surface area contributed by atoms with Crippen LogP contribution in [0.2, 0.25) is 0 Å². The zero-order valence-corrected chi connectivity index (χ0v) is 6.87. The summed E-state index contributed by atoms with van der Waals surface area (Å²) in [6.07, 6.45) is 3.16. The Labute approximate surface area is 70.3 Å². The summed E-state index contributed by atoms with van der Waals surface area (Å²) in [6.45, 7) is 2.12. The molecule has 1 rings (SSSR count). The van der Waals surface area contributed by atoms with Crippen molar-refractivity contribution in [3.05, 3.63) is 12.4 Å². The number of carbonyl (C=O) groups excluding carboxylic acids is 1. The van der Waals surface area contributed by atoms with Crippen LogP contribution in [0.5, 0.6) is 0 Å². The van der Waals surface area contributed by atoms with Gasteiger partial charge in [-0.15, -0.1) is 0 Å². The van der Waals surface area contributed by atoms with Gasteiger partial charge < -0.3 is 11.1 Å². The largest absolute Gasteiger partial charge is 0.330 e. The summed E-state index contributed by atoms with van der Waals surface area (Å²) in [5, 5.41) is 8.95. The van der Waals surface area contributed by atoms with Crippen LogP contribution in [0.25, 0.3) is 0 Å². The van der Waals surface area contributed by atoms with Gasteiger partial charge in [-0.3, -0.25) is 9.89 Å². The summed E-state index contributed by atoms with van der Waals surface area (Å²) in [4.78, 5) is 11.2. The highest BCUT2D eigenvalue weighted by molar-refractivity contribution is 5.92. The summed E-state index contributed by atoms with van der Waals surface area (Å²) >= 11 is 0. The Bertz CT molecular complexity index is 244. The molecule has 0 radical (unpaired) electrons. The lowest BCUT2D eigenvalue weighted by Crippen LogP contribution is -2.26. The van der Waals surface area contributed by atoms with E-state index in [1.54, 1.807) is 19.3 Å². The summed E-state index contributed by atoms with van der Waals surface area (Å²) in [5.41, 5.74) is 5.98. The van der Waals surface area contributed by atoms with E-state index >= 15 is 0 Å². The second kappa shape index (κ2) is 3.87. The molecule has 5 nitrogen and oxygen atoms in total. The topological polar surface area (TPSA) is 83.8 Å². The third-order valence-electron chi connectivity index (χ3n) is 1.57. The van der Waals surface area contributed by atoms with E-state index in [4.69, 9.17) is 5.73 Å². The van der Waals surface area contributed by atoms with Crippen molar-refractivity contribution in [3.63, 3.8) is 0 Å². The molecule has 4 N–H and O–H groups in total. The quantitative estimate of drug-likeness (QED) is 0.591. The number of carbonyl (C=O) groups is 1. The smallest absolute Gasteiger partial charge is 0.228 e. The summed E-state index contributed by atoms with van der Waals surface area (Å²) < 4.78 is 0. The maximum atomic E-state index is 11.2. The normalized spacial score (nSPS) is 12.5. The third kappa shape index (κ3) is 2.06. The Morgan fingerprint density at radius 2 is 2.67 bits per heavy atom. The standard InChI is InChI=1S/C7H12N4O/c1-5(2-8)7(12)11-6-3-9-10-4-6/h3-5H,2,8H2,1H3,(H,9,10)(H,11,12)/t5-/m1/s1. The number of rotatable bonds is 3. The lowest BCUT2D eigenvalue weighted by Gasteiger charge is -2.06. The molecule has 0 unspecified atom stereocenters. The predicted octanol–water partition coefficient (Wildman–Crippen LogP) is -0.0570. The van der Waals surface area contributed by atoms with Crippen molar-refractivity contribution in [3.8, 4) is 0 Å². The van der Waals surface area contributed by atoms with Gasteiger partial charge in [0.1, 0.15) is 0 Å². The number of hydrogen-bond acceptors (Lipinski definition) is 3. The number of aromatic amines is 1. The van der Waals surface area contributed by atoms with Crippen LogP contribution in [0.4, 0.5) is 5.69 Å². The van der Waals surface area contributed by atoms with Gasteiger partial charge in [-0.1, -0.05) is 6.92 Å². The lowest BCUT2D eigenvalue weighted by molar-refractivity contribution is -0.119. The predicted molar refractivity (Wildman–Crippen MR) is 45.4 cm³/mol. The van der Waals surface area contributed by atoms with Crippen molar-refractivity contribution in [2.24, 2.45) is 11.7 Å². The van der Waals surface area contributed by atoms with Crippen LogP contribution in [0.1, 0.15) is 6.92 Å². The van der Waals surface area contributed by atoms with Crippen molar-refractivity contribution < 1.29 is 4.79 Å². The first kappa shape index (κ1) is 8.73. The van der Waals surface area contributed by atoms with Gasteiger partial charge in [0.25, 0.3) is 0 Å². The third-order valence-corrected chi connectivity index (χ3v) is 1.57. The van der Waals surface area contributed by atoms with E-state index in [9.17, 15) is 4.79 Å². The molecule has 0 aromatic carbocycles. The number of nitrogens with zero attached hydrogens (tertiary/aromatic N) is 1. The Morgan fingerprint density at radius 3 is 3.17 bits per heavy atom. The van der Waals surface area contributed by atoms with Gasteiger partial charge >= 0.3 is 0 Å². The van der Waals surface area contributed by atoms with Crippen LogP contribution in [-0.4, -0.2) is 22.6 Å². The maximum absolute atomic E-state index is 11.2. The zero-order valence-electron chi connectivity index (χ0n) is 6.87. The average molecular weight is 168 g/mol. The van der Waals surface area contributed by atoms with Crippen LogP contribution < -0.4 is 11.1 Å². The second-order valence-corrected chi connectivity index (χ2v) is 2.61. The Kier molecular flexibility index (Phi) is 2.82. The molecule has 1 atom stereocenters. The molecule has 0 bridgehead atoms. The Hall–Kier alpha value is -1.36. The fourth-order valence-corrected chi connectivity index (χ4v) is 0.692. The Balaban J connectivity index is 2.47. The van der Waals surface area contributed by atoms with E-state index in [0.717, 1.165) is 0 Å². The minimum absolute atomic E-state index is 0.0844. The molecule has 0 aliphatic carbocycles. The molecule has 5 heteroatoms. The fourth-order valence-electron chi connectivity index (χ4n) is 0.692. The number of hydrogen-bond donors (Lipinski definition) is 3. The fraction of sp³-hybridized carbons (Fsp3) is 0.429. The summed E-state index contributed by atoms with van der Waals surface area (Å²) in [6, 6.07) is 0. The SMILES string of the molecule is C[C@H](CN)C(=O)Nc1cn[nH]c1. The van der Waals surface area contributed by atoms with Crippen molar-refractivity contribution in [2.45, 2.75) is 6.92 Å². The van der Waals surface area contributed by atoms with Gasteiger partial charge in [0.2, 0.25) is 5.91 Å². The second-order valence-electron chi connectivity index (χ2n) is 2.61. The molecule has 1 aromatic heterocycles. The molecule has 66 valence electrons. The van der Waals surface area contributed by atoms with Crippen LogP contribution in [0.15, 0.2) is 12.4 Å². The maximum Gasteiger partial charge on any atom is 0.228 e. The van der Waals surface area contributed by atoms with Crippen molar-refractivity contribution >= 4 is 11.6 Å². The zero-order chi connectivity index (χ0) is 8.97. The number of anilines is 1. The van der Waals surface area contributed by atoms with E-state index in [2.05, 4.69) is 15.5 Å². The molecular formula is C7H12N4O. The van der Waals surface area contributed by atoms with E-state index < -0.39 is 0 Å². The number of aromatic nitrogens is 2. The summed E-state index contributed by atoms with van der Waals surface area (Å²) in [5.74, 6) is -0.251. The first-order valence-corrected chi connectivity index (χ1v) is 3.73. The molecule has 0 saturated heterocycles. The molecule has 0 aliphatic heterocycles. The monoisotopic (exact) mass is 168 g/mol. The van der Waals surface area contributed by atoms with E-state index in [1.165, 1.54) is 0 Å². The van der Waals surface area contributed by atoms with Crippen LogP contribution >= 0.6 is 0 Å². The molecule has 1 aromatic rings. The van der Waals surface area contributed by atoms with Crippen LogP contribution in [0.3, 0.4) is 0 Å². The van der Waals surface area contributed by atoms with E-state index in [-0.39, 0.29) is 11.8 Å². The van der Waals surface area contributed by atoms with Crippen LogP contribution in [0, 0.1) is 5.92 Å². The highest BCUT2D eigenvalue weighted by Crippen LogP contribution is 2.03. The van der Waals surface area contributed by atoms with Gasteiger partial charge in [0, 0.05) is 18.7 Å². The minimum Gasteiger partial charge on any atom is -0.330 e. The first-order chi connectivity index (χ1) is 5.74. The number of nitrogens with two attached hydrogens (primary N) is 1. The van der Waals surface area contributed by atoms with Crippen molar-refractivity contribution in [1.29, 1.82) is 0 Å². The molecule has 0 spiro atoms. The molecule has 0 aliphatic rings. The number of H-pyrrole nitrogens is 1. The molecule has 1 amide bonds. The van der Waals surface area contributed by atoms with E-state index in [0.29, 0.717) is 12.2 Å². The van der Waals surface area contributed by atoms with Gasteiger partial charge in [0.15, 0.2) is 0 Å². The van der Waals surface area contributed by atoms with Crippen LogP contribution in [-0.2, 0) is 4.79 Å². The Morgan fingerprint density at radius 1 is 1.92 bits per heavy atom. The molecule has 0 fully saturated rings.